The summed E-state index contributed by atoms with van der Waals surface area (Å²) in [6, 6.07) is 5.22. The normalized spacial score (nSPS) is 23.0. The molecule has 0 bridgehead atoms. The number of amides is 1. The fraction of sp³-hybridized carbons (Fsp3) is 0.533. The van der Waals surface area contributed by atoms with E-state index in [0.29, 0.717) is 6.42 Å². The highest BCUT2D eigenvalue weighted by Gasteiger charge is 2.38. The average molecular weight is 317 g/mol. The Morgan fingerprint density at radius 2 is 2.05 bits per heavy atom. The summed E-state index contributed by atoms with van der Waals surface area (Å²) in [5, 5.41) is 9.04. The number of nitrogens with zero attached hydrogens (tertiary/aromatic N) is 1. The van der Waals surface area contributed by atoms with E-state index < -0.39 is 17.3 Å². The van der Waals surface area contributed by atoms with Gasteiger partial charge in [-0.1, -0.05) is 18.2 Å². The molecule has 2 rings (SSSR count). The summed E-state index contributed by atoms with van der Waals surface area (Å²) in [5.74, 6) is -0.354. The summed E-state index contributed by atoms with van der Waals surface area (Å²) in [4.78, 5) is 13.3. The van der Waals surface area contributed by atoms with Gasteiger partial charge in [-0.25, -0.2) is 0 Å². The van der Waals surface area contributed by atoms with E-state index in [9.17, 15) is 18.0 Å². The first kappa shape index (κ1) is 16.8. The van der Waals surface area contributed by atoms with E-state index in [-0.39, 0.29) is 37.8 Å². The number of halogens is 3. The molecule has 122 valence electrons. The van der Waals surface area contributed by atoms with Crippen molar-refractivity contribution in [3.8, 4) is 0 Å². The van der Waals surface area contributed by atoms with Gasteiger partial charge in [0.1, 0.15) is 6.61 Å². The number of ether oxygens (including phenoxy) is 1. The maximum Gasteiger partial charge on any atom is 0.416 e. The lowest BCUT2D eigenvalue weighted by atomic mass is 9.99. The first-order valence-electron chi connectivity index (χ1n) is 6.93. The summed E-state index contributed by atoms with van der Waals surface area (Å²) in [6.45, 7) is 1.46. The van der Waals surface area contributed by atoms with Crippen molar-refractivity contribution in [2.75, 3.05) is 19.8 Å². The van der Waals surface area contributed by atoms with Gasteiger partial charge in [-0.2, -0.15) is 13.2 Å². The Balaban J connectivity index is 2.21. The van der Waals surface area contributed by atoms with E-state index in [1.807, 2.05) is 0 Å². The predicted molar refractivity (Wildman–Crippen MR) is 72.9 cm³/mol. The molecule has 1 aliphatic heterocycles. The highest BCUT2D eigenvalue weighted by Crippen LogP contribution is 2.33. The van der Waals surface area contributed by atoms with Gasteiger partial charge < -0.3 is 14.7 Å². The van der Waals surface area contributed by atoms with Crippen LogP contribution >= 0.6 is 0 Å². The zero-order valence-electron chi connectivity index (χ0n) is 12.2. The Labute approximate surface area is 126 Å². The molecule has 0 spiro atoms. The van der Waals surface area contributed by atoms with E-state index in [4.69, 9.17) is 9.84 Å². The smallest absolute Gasteiger partial charge is 0.396 e. The van der Waals surface area contributed by atoms with Gasteiger partial charge in [0.2, 0.25) is 5.91 Å². The molecule has 4 nitrogen and oxygen atoms in total. The van der Waals surface area contributed by atoms with Crippen molar-refractivity contribution < 1.29 is 27.8 Å². The Morgan fingerprint density at radius 3 is 2.68 bits per heavy atom. The molecule has 0 aliphatic carbocycles. The lowest BCUT2D eigenvalue weighted by molar-refractivity contribution is -0.164. The second-order valence-electron chi connectivity index (χ2n) is 5.62. The molecular formula is C15H18F3NO3. The van der Waals surface area contributed by atoms with E-state index in [0.717, 1.165) is 6.07 Å². The van der Waals surface area contributed by atoms with Gasteiger partial charge in [0, 0.05) is 26.1 Å². The third-order valence-electron chi connectivity index (χ3n) is 3.75. The van der Waals surface area contributed by atoms with E-state index >= 15 is 0 Å². The molecule has 1 amide bonds. The van der Waals surface area contributed by atoms with Gasteiger partial charge >= 0.3 is 6.18 Å². The van der Waals surface area contributed by atoms with Crippen molar-refractivity contribution >= 4 is 5.91 Å². The largest absolute Gasteiger partial charge is 0.416 e. The van der Waals surface area contributed by atoms with Crippen LogP contribution in [-0.4, -0.2) is 41.3 Å². The number of carbonyl (C=O) groups is 1. The van der Waals surface area contributed by atoms with Crippen LogP contribution < -0.4 is 0 Å². The highest BCUT2D eigenvalue weighted by atomic mass is 19.4. The lowest BCUT2D eigenvalue weighted by Crippen LogP contribution is -2.53. The minimum Gasteiger partial charge on any atom is -0.396 e. The molecule has 22 heavy (non-hydrogen) atoms. The zero-order valence-corrected chi connectivity index (χ0v) is 12.2. The number of carbonyl (C=O) groups excluding carboxylic acids is 1. The molecule has 7 heteroatoms. The zero-order chi connectivity index (χ0) is 16.4. The topological polar surface area (TPSA) is 49.8 Å². The summed E-state index contributed by atoms with van der Waals surface area (Å²) in [6.07, 6.45) is -4.14. The van der Waals surface area contributed by atoms with Crippen molar-refractivity contribution in [2.45, 2.75) is 31.7 Å². The minimum absolute atomic E-state index is 0.0524. The van der Waals surface area contributed by atoms with Gasteiger partial charge in [-0.15, -0.1) is 0 Å². The van der Waals surface area contributed by atoms with Crippen LogP contribution in [0.4, 0.5) is 13.2 Å². The van der Waals surface area contributed by atoms with Gasteiger partial charge in [0.05, 0.1) is 11.2 Å². The first-order valence-corrected chi connectivity index (χ1v) is 6.93. The van der Waals surface area contributed by atoms with Gasteiger partial charge in [0.25, 0.3) is 0 Å². The number of alkyl halides is 3. The summed E-state index contributed by atoms with van der Waals surface area (Å²) in [7, 11) is 0. The molecule has 0 aromatic heterocycles. The number of benzene rings is 1. The van der Waals surface area contributed by atoms with Gasteiger partial charge in [0.15, 0.2) is 0 Å². The quantitative estimate of drug-likeness (QED) is 0.926. The molecule has 1 aromatic rings. The molecule has 1 aliphatic rings. The van der Waals surface area contributed by atoms with Crippen LogP contribution in [0.5, 0.6) is 0 Å². The van der Waals surface area contributed by atoms with Crippen LogP contribution in [0, 0.1) is 0 Å². The molecule has 1 fully saturated rings. The van der Waals surface area contributed by atoms with E-state index in [1.54, 1.807) is 6.92 Å². The molecule has 1 aromatic carbocycles. The molecule has 1 saturated heterocycles. The van der Waals surface area contributed by atoms with Crippen LogP contribution in [0.25, 0.3) is 0 Å². The first-order chi connectivity index (χ1) is 10.2. The van der Waals surface area contributed by atoms with Crippen LogP contribution in [-0.2, 0) is 22.3 Å². The molecule has 1 N–H and O–H groups in total. The Bertz CT molecular complexity index is 547. The number of morpholine rings is 1. The van der Waals surface area contributed by atoms with Gasteiger partial charge in [-0.3, -0.25) is 4.79 Å². The van der Waals surface area contributed by atoms with Crippen molar-refractivity contribution in [1.82, 2.24) is 4.90 Å². The molecular weight excluding hydrogens is 299 g/mol. The number of aliphatic hydroxyl groups is 1. The summed E-state index contributed by atoms with van der Waals surface area (Å²) in [5.41, 5.74) is -1.43. The minimum atomic E-state index is -4.46. The average Bonchev–Trinajstić information content (AvgIpc) is 2.43. The number of aliphatic hydroxyl groups excluding tert-OH is 1. The van der Waals surface area contributed by atoms with E-state index in [1.165, 1.54) is 23.1 Å². The monoisotopic (exact) mass is 317 g/mol. The second-order valence-corrected chi connectivity index (χ2v) is 5.62. The SMILES string of the molecule is CC1(CCO)CN(Cc2ccccc2C(F)(F)F)C(=O)CO1. The van der Waals surface area contributed by atoms with Crippen LogP contribution in [0.15, 0.2) is 24.3 Å². The molecule has 0 saturated carbocycles. The van der Waals surface area contributed by atoms with Crippen molar-refractivity contribution in [3.63, 3.8) is 0 Å². The van der Waals surface area contributed by atoms with Crippen LogP contribution in [0.3, 0.4) is 0 Å². The predicted octanol–water partition coefficient (Wildman–Crippen LogP) is 2.21. The van der Waals surface area contributed by atoms with Crippen LogP contribution in [0.1, 0.15) is 24.5 Å². The van der Waals surface area contributed by atoms with Gasteiger partial charge in [-0.05, 0) is 18.6 Å². The van der Waals surface area contributed by atoms with Crippen molar-refractivity contribution in [3.05, 3.63) is 35.4 Å². The molecule has 1 atom stereocenters. The Hall–Kier alpha value is -1.60. The molecule has 1 unspecified atom stereocenters. The third-order valence-corrected chi connectivity index (χ3v) is 3.75. The molecule has 0 radical (unpaired) electrons. The van der Waals surface area contributed by atoms with Crippen molar-refractivity contribution in [2.24, 2.45) is 0 Å². The maximum absolute atomic E-state index is 13.0. The Morgan fingerprint density at radius 1 is 1.36 bits per heavy atom. The number of hydrogen-bond donors (Lipinski definition) is 1. The summed E-state index contributed by atoms with van der Waals surface area (Å²) >= 11 is 0. The third kappa shape index (κ3) is 3.78. The van der Waals surface area contributed by atoms with E-state index in [2.05, 4.69) is 0 Å². The standard InChI is InChI=1S/C15H18F3NO3/c1-14(6-7-20)10-19(13(21)9-22-14)8-11-4-2-3-5-12(11)15(16,17)18/h2-5,20H,6-10H2,1H3. The van der Waals surface area contributed by atoms with Crippen molar-refractivity contribution in [1.29, 1.82) is 0 Å². The summed E-state index contributed by atoms with van der Waals surface area (Å²) < 4.78 is 44.4. The highest BCUT2D eigenvalue weighted by molar-refractivity contribution is 5.78. The number of rotatable bonds is 4. The maximum atomic E-state index is 13.0. The van der Waals surface area contributed by atoms with Crippen LogP contribution in [0.2, 0.25) is 0 Å². The lowest BCUT2D eigenvalue weighted by Gasteiger charge is -2.40. The number of hydrogen-bond acceptors (Lipinski definition) is 3. The fourth-order valence-electron chi connectivity index (χ4n) is 2.54. The Kier molecular flexibility index (Phi) is 4.77. The fourth-order valence-corrected chi connectivity index (χ4v) is 2.54. The molecule has 1 heterocycles. The second kappa shape index (κ2) is 6.26.